The van der Waals surface area contributed by atoms with Crippen LogP contribution in [0.5, 0.6) is 0 Å². The number of piperidine rings is 1. The second kappa shape index (κ2) is 27.3. The average molecular weight is 1040 g/mol. The predicted molar refractivity (Wildman–Crippen MR) is 286 cm³/mol. The molecule has 1 aromatic carbocycles. The number of carbonyl (C=O) groups excluding carboxylic acids is 4. The Morgan fingerprint density at radius 3 is 2.21 bits per heavy atom. The van der Waals surface area contributed by atoms with Crippen LogP contribution in [0.1, 0.15) is 139 Å². The molecule has 2 saturated heterocycles. The average Bonchev–Trinajstić information content (AvgIpc) is 3.35. The molecule has 1 saturated carbocycles. The van der Waals surface area contributed by atoms with Gasteiger partial charge in [-0.15, -0.1) is 0 Å². The van der Waals surface area contributed by atoms with Gasteiger partial charge in [-0.3, -0.25) is 14.4 Å². The number of aliphatic hydroxyl groups is 1. The van der Waals surface area contributed by atoms with Gasteiger partial charge >= 0.3 is 5.97 Å². The number of ether oxygens (including phenoxy) is 6. The summed E-state index contributed by atoms with van der Waals surface area (Å²) in [5, 5.41) is 15.6. The van der Waals surface area contributed by atoms with Gasteiger partial charge in [-0.2, -0.15) is 0 Å². The quantitative estimate of drug-likeness (QED) is 0.0595. The summed E-state index contributed by atoms with van der Waals surface area (Å²) in [7, 11) is 2.30. The first kappa shape index (κ1) is 60.7. The lowest BCUT2D eigenvalue weighted by Crippen LogP contribution is -2.64. The number of carbonyl (C=O) groups is 4. The van der Waals surface area contributed by atoms with Crippen LogP contribution in [0.25, 0.3) is 0 Å². The first-order chi connectivity index (χ1) is 34.5. The standard InChI is InChI=1S/C58H94N2O12Si/c1-15-44-30-37(2)29-38(3)31-50(67-11)53-51(68-12)33-40(5)58(65,71-53)54(62)55(63)60-27-20-19-23-45(60)56(64)70-52(41(6)48(35-46(44)61)72-73(13,14)57(7,8)9)39(4)32-43-24-25-47(49(34-43)66-10)69-28-26-59-36-42-21-17-16-18-22-42/h16-18,21-22,30,32,38,40-41,43-45,47-53,59,65H,15,19-20,23-29,31,33-36H2,1-14H3. The minimum atomic E-state index is -2.54. The molecule has 3 heterocycles. The number of nitrogens with zero attached hydrogens (tertiary/aromatic N) is 1. The van der Waals surface area contributed by atoms with Gasteiger partial charge < -0.3 is 48.2 Å². The number of esters is 1. The first-order valence-corrected chi connectivity index (χ1v) is 30.4. The number of rotatable bonds is 14. The Labute approximate surface area is 439 Å². The highest BCUT2D eigenvalue weighted by atomic mass is 28.4. The minimum absolute atomic E-state index is 0.0467. The van der Waals surface area contributed by atoms with Crippen LogP contribution in [0.2, 0.25) is 18.1 Å². The van der Waals surface area contributed by atoms with Crippen molar-refractivity contribution >= 4 is 31.8 Å². The van der Waals surface area contributed by atoms with Crippen molar-refractivity contribution in [3.8, 4) is 0 Å². The Bertz CT molecular complexity index is 2020. The van der Waals surface area contributed by atoms with Crippen molar-refractivity contribution in [2.24, 2.45) is 29.6 Å². The van der Waals surface area contributed by atoms with E-state index in [1.54, 1.807) is 28.3 Å². The predicted octanol–water partition coefficient (Wildman–Crippen LogP) is 9.32. The van der Waals surface area contributed by atoms with Crippen LogP contribution in [0.4, 0.5) is 0 Å². The molecule has 1 amide bonds. The number of cyclic esters (lactones) is 1. The molecule has 412 valence electrons. The number of fused-ring (bicyclic) bond motifs is 3. The van der Waals surface area contributed by atoms with Crippen LogP contribution in [0.3, 0.4) is 0 Å². The van der Waals surface area contributed by atoms with Crippen LogP contribution >= 0.6 is 0 Å². The zero-order valence-electron chi connectivity index (χ0n) is 47.0. The van der Waals surface area contributed by atoms with E-state index in [0.717, 1.165) is 30.5 Å². The molecule has 14 nitrogen and oxygen atoms in total. The number of benzene rings is 1. The highest BCUT2D eigenvalue weighted by Gasteiger charge is 2.57. The number of hydrogen-bond donors (Lipinski definition) is 2. The maximum Gasteiger partial charge on any atom is 0.329 e. The largest absolute Gasteiger partial charge is 0.456 e. The van der Waals surface area contributed by atoms with Crippen LogP contribution in [0, 0.1) is 29.6 Å². The Hall–Kier alpha value is -3.12. The molecule has 0 aromatic heterocycles. The lowest BCUT2D eigenvalue weighted by Gasteiger charge is -2.47. The van der Waals surface area contributed by atoms with Crippen LogP contribution in [-0.2, 0) is 58.6 Å². The van der Waals surface area contributed by atoms with E-state index < -0.39 is 80.2 Å². The smallest absolute Gasteiger partial charge is 0.329 e. The molecule has 14 unspecified atom stereocenters. The van der Waals surface area contributed by atoms with Gasteiger partial charge in [-0.05, 0) is 119 Å². The summed E-state index contributed by atoms with van der Waals surface area (Å²) in [5.74, 6) is -6.79. The minimum Gasteiger partial charge on any atom is -0.456 e. The molecule has 1 aromatic rings. The van der Waals surface area contributed by atoms with Crippen molar-refractivity contribution in [1.29, 1.82) is 0 Å². The summed E-state index contributed by atoms with van der Waals surface area (Å²) >= 11 is 0. The summed E-state index contributed by atoms with van der Waals surface area (Å²) in [4.78, 5) is 60.3. The van der Waals surface area contributed by atoms with Crippen molar-refractivity contribution in [3.05, 3.63) is 59.2 Å². The van der Waals surface area contributed by atoms with Gasteiger partial charge in [-0.25, -0.2) is 4.79 Å². The molecular weight excluding hydrogens is 945 g/mol. The summed E-state index contributed by atoms with van der Waals surface area (Å²) < 4.78 is 44.8. The van der Waals surface area contributed by atoms with E-state index in [2.05, 4.69) is 70.4 Å². The maximum atomic E-state index is 15.0. The zero-order chi connectivity index (χ0) is 53.8. The highest BCUT2D eigenvalue weighted by molar-refractivity contribution is 6.74. The van der Waals surface area contributed by atoms with Crippen molar-refractivity contribution in [3.63, 3.8) is 0 Å². The van der Waals surface area contributed by atoms with Gasteiger partial charge in [0.2, 0.25) is 5.79 Å². The van der Waals surface area contributed by atoms with Gasteiger partial charge in [0, 0.05) is 65.1 Å². The number of amides is 1. The van der Waals surface area contributed by atoms with E-state index in [9.17, 15) is 19.5 Å². The molecule has 3 fully saturated rings. The number of Topliss-reactive ketones (excluding diaryl/α,β-unsaturated/α-hetero) is 2. The molecule has 14 atom stereocenters. The Morgan fingerprint density at radius 2 is 1.56 bits per heavy atom. The third-order valence-corrected chi connectivity index (χ3v) is 21.4. The fourth-order valence-corrected chi connectivity index (χ4v) is 12.8. The van der Waals surface area contributed by atoms with E-state index in [1.165, 1.54) is 10.5 Å². The molecule has 2 bridgehead atoms. The van der Waals surface area contributed by atoms with Gasteiger partial charge in [0.05, 0.1) is 37.1 Å². The third kappa shape index (κ3) is 15.7. The van der Waals surface area contributed by atoms with Crippen LogP contribution in [0.15, 0.2) is 53.6 Å². The fourth-order valence-electron chi connectivity index (χ4n) is 11.4. The molecule has 2 N–H and O–H groups in total. The van der Waals surface area contributed by atoms with Crippen molar-refractivity contribution in [2.45, 2.75) is 212 Å². The maximum absolute atomic E-state index is 15.0. The van der Waals surface area contributed by atoms with E-state index in [4.69, 9.17) is 32.8 Å². The van der Waals surface area contributed by atoms with Gasteiger partial charge in [0.25, 0.3) is 11.7 Å². The molecule has 0 radical (unpaired) electrons. The van der Waals surface area contributed by atoms with E-state index in [1.807, 2.05) is 45.9 Å². The number of methoxy groups -OCH3 is 3. The molecular formula is C58H94N2O12Si. The zero-order valence-corrected chi connectivity index (χ0v) is 48.0. The van der Waals surface area contributed by atoms with E-state index in [0.29, 0.717) is 51.7 Å². The summed E-state index contributed by atoms with van der Waals surface area (Å²) in [6.07, 6.45) is 6.40. The Kier molecular flexibility index (Phi) is 22.7. The number of ketones is 2. The molecule has 15 heteroatoms. The van der Waals surface area contributed by atoms with E-state index in [-0.39, 0.29) is 66.6 Å². The van der Waals surface area contributed by atoms with Gasteiger partial charge in [0.15, 0.2) is 8.32 Å². The Balaban J connectivity index is 1.53. The monoisotopic (exact) mass is 1040 g/mol. The number of hydrogen-bond acceptors (Lipinski definition) is 13. The lowest BCUT2D eigenvalue weighted by molar-refractivity contribution is -0.302. The fraction of sp³-hybridized carbons (Fsp3) is 0.759. The van der Waals surface area contributed by atoms with E-state index >= 15 is 4.79 Å². The normalized spacial score (nSPS) is 34.4. The topological polar surface area (TPSA) is 168 Å². The molecule has 3 aliphatic heterocycles. The highest BCUT2D eigenvalue weighted by Crippen LogP contribution is 2.42. The lowest BCUT2D eigenvalue weighted by atomic mass is 9.81. The molecule has 5 rings (SSSR count). The van der Waals surface area contributed by atoms with Crippen LogP contribution in [-0.4, -0.2) is 137 Å². The molecule has 73 heavy (non-hydrogen) atoms. The van der Waals surface area contributed by atoms with Gasteiger partial charge in [-0.1, -0.05) is 96.5 Å². The second-order valence-corrected chi connectivity index (χ2v) is 28.3. The summed E-state index contributed by atoms with van der Waals surface area (Å²) in [6, 6.07) is 9.17. The van der Waals surface area contributed by atoms with Crippen LogP contribution < -0.4 is 5.32 Å². The summed E-state index contributed by atoms with van der Waals surface area (Å²) in [5.41, 5.74) is 3.08. The molecule has 4 aliphatic rings. The summed E-state index contributed by atoms with van der Waals surface area (Å²) in [6.45, 7) is 24.9. The molecule has 1 aliphatic carbocycles. The first-order valence-electron chi connectivity index (χ1n) is 27.4. The Morgan fingerprint density at radius 1 is 0.890 bits per heavy atom. The number of nitrogens with one attached hydrogen (secondary N) is 1. The van der Waals surface area contributed by atoms with Crippen molar-refractivity contribution < 1.29 is 57.1 Å². The molecule has 0 spiro atoms. The van der Waals surface area contributed by atoms with Gasteiger partial charge in [0.1, 0.15) is 24.0 Å². The third-order valence-electron chi connectivity index (χ3n) is 16.9. The SMILES string of the molecule is CCC1C=C(C)CC(C)CC(OC)C2OC(O)(C(=O)C(=O)N3CCCCC3C(=O)OC(C(C)=CC3CCC(OCCNCc4ccccc4)C(OC)C3)C(C)C(O[Si](C)(C)C(C)(C)C)CC1=O)C(C)CC2OC. The van der Waals surface area contributed by atoms with Crippen molar-refractivity contribution in [2.75, 3.05) is 41.0 Å². The second-order valence-electron chi connectivity index (χ2n) is 23.5. The number of allylic oxidation sites excluding steroid dienone is 3. The van der Waals surface area contributed by atoms with Crippen molar-refractivity contribution in [1.82, 2.24) is 10.2 Å².